The van der Waals surface area contributed by atoms with Gasteiger partial charge in [-0.05, 0) is 18.6 Å². The first-order valence-corrected chi connectivity index (χ1v) is 4.97. The van der Waals surface area contributed by atoms with Crippen molar-refractivity contribution in [1.82, 2.24) is 4.57 Å². The second-order valence-corrected chi connectivity index (χ2v) is 3.87. The van der Waals surface area contributed by atoms with Gasteiger partial charge in [-0.3, -0.25) is 0 Å². The molecule has 1 aromatic carbocycles. The van der Waals surface area contributed by atoms with Crippen LogP contribution in [0.3, 0.4) is 0 Å². The minimum absolute atomic E-state index is 0.476. The maximum atomic E-state index is 6.27. The Morgan fingerprint density at radius 2 is 2.14 bits per heavy atom. The Labute approximate surface area is 88.3 Å². The van der Waals surface area contributed by atoms with Gasteiger partial charge in [-0.2, -0.15) is 0 Å². The number of hydrogen-bond acceptors (Lipinski definition) is 1. The molecule has 0 aliphatic rings. The molecule has 1 heterocycles. The highest BCUT2D eigenvalue weighted by Crippen LogP contribution is 2.31. The molecular formula is C11H13ClN2. The highest BCUT2D eigenvalue weighted by atomic mass is 35.5. The fraction of sp³-hybridized carbons (Fsp3) is 0.273. The van der Waals surface area contributed by atoms with E-state index in [9.17, 15) is 0 Å². The largest absolute Gasteiger partial charge is 0.345 e. The molecule has 1 aromatic heterocycles. The minimum atomic E-state index is 0.476. The molecule has 2 N–H and O–H groups in total. The average Bonchev–Trinajstić information content (AvgIpc) is 2.41. The molecule has 2 rings (SSSR count). The number of nitrogens with two attached hydrogens (primary N) is 1. The quantitative estimate of drug-likeness (QED) is 0.768. The molecule has 0 saturated heterocycles. The van der Waals surface area contributed by atoms with Gasteiger partial charge >= 0.3 is 0 Å². The summed E-state index contributed by atoms with van der Waals surface area (Å²) in [6, 6.07) is 6.16. The molecule has 0 radical (unpaired) electrons. The van der Waals surface area contributed by atoms with Crippen LogP contribution in [0.1, 0.15) is 11.3 Å². The molecule has 74 valence electrons. The Balaban J connectivity index is 2.94. The molecule has 0 aliphatic carbocycles. The number of rotatable bonds is 1. The molecule has 3 heteroatoms. The third-order valence-electron chi connectivity index (χ3n) is 2.68. The van der Waals surface area contributed by atoms with Crippen molar-refractivity contribution in [2.75, 3.05) is 0 Å². The van der Waals surface area contributed by atoms with Crippen molar-refractivity contribution in [3.63, 3.8) is 0 Å². The summed E-state index contributed by atoms with van der Waals surface area (Å²) in [6.45, 7) is 2.54. The summed E-state index contributed by atoms with van der Waals surface area (Å²) in [5.74, 6) is 0. The predicted molar refractivity (Wildman–Crippen MR) is 60.6 cm³/mol. The van der Waals surface area contributed by atoms with Crippen LogP contribution in [0, 0.1) is 6.92 Å². The van der Waals surface area contributed by atoms with E-state index in [1.54, 1.807) is 0 Å². The maximum absolute atomic E-state index is 6.27. The zero-order valence-electron chi connectivity index (χ0n) is 8.34. The molecular weight excluding hydrogens is 196 g/mol. The zero-order valence-corrected chi connectivity index (χ0v) is 9.10. The Kier molecular flexibility index (Phi) is 2.25. The van der Waals surface area contributed by atoms with Crippen LogP contribution in [-0.2, 0) is 13.6 Å². The van der Waals surface area contributed by atoms with E-state index in [2.05, 4.69) is 23.6 Å². The number of aromatic nitrogens is 1. The van der Waals surface area contributed by atoms with Crippen LogP contribution in [0.25, 0.3) is 10.9 Å². The van der Waals surface area contributed by atoms with E-state index in [0.29, 0.717) is 6.54 Å². The van der Waals surface area contributed by atoms with E-state index >= 15 is 0 Å². The van der Waals surface area contributed by atoms with Gasteiger partial charge in [0.25, 0.3) is 0 Å². The van der Waals surface area contributed by atoms with Gasteiger partial charge in [0, 0.05) is 24.5 Å². The summed E-state index contributed by atoms with van der Waals surface area (Å²) in [7, 11) is 2.00. The number of aryl methyl sites for hydroxylation is 2. The lowest BCUT2D eigenvalue weighted by molar-refractivity contribution is 0.849. The highest BCUT2D eigenvalue weighted by Gasteiger charge is 2.12. The van der Waals surface area contributed by atoms with E-state index in [-0.39, 0.29) is 0 Å². The van der Waals surface area contributed by atoms with Crippen LogP contribution >= 0.6 is 11.6 Å². The summed E-state index contributed by atoms with van der Waals surface area (Å²) >= 11 is 6.27. The van der Waals surface area contributed by atoms with Crippen molar-refractivity contribution < 1.29 is 0 Å². The van der Waals surface area contributed by atoms with Gasteiger partial charge in [-0.15, -0.1) is 0 Å². The van der Waals surface area contributed by atoms with Gasteiger partial charge in [-0.1, -0.05) is 23.7 Å². The van der Waals surface area contributed by atoms with E-state index in [0.717, 1.165) is 21.6 Å². The zero-order chi connectivity index (χ0) is 10.3. The van der Waals surface area contributed by atoms with Crippen LogP contribution in [0.4, 0.5) is 0 Å². The fourth-order valence-electron chi connectivity index (χ4n) is 1.88. The maximum Gasteiger partial charge on any atom is 0.0709 e. The molecule has 0 fully saturated rings. The van der Waals surface area contributed by atoms with E-state index in [4.69, 9.17) is 17.3 Å². The normalized spacial score (nSPS) is 11.1. The van der Waals surface area contributed by atoms with Crippen molar-refractivity contribution in [2.24, 2.45) is 12.8 Å². The van der Waals surface area contributed by atoms with Gasteiger partial charge in [-0.25, -0.2) is 0 Å². The Morgan fingerprint density at radius 1 is 1.43 bits per heavy atom. The predicted octanol–water partition coefficient (Wildman–Crippen LogP) is 2.60. The Hall–Kier alpha value is -0.990. The molecule has 0 saturated carbocycles. The van der Waals surface area contributed by atoms with Crippen molar-refractivity contribution in [3.05, 3.63) is 34.5 Å². The smallest absolute Gasteiger partial charge is 0.0709 e. The van der Waals surface area contributed by atoms with E-state index in [1.807, 2.05) is 13.1 Å². The second-order valence-electron chi connectivity index (χ2n) is 3.49. The van der Waals surface area contributed by atoms with E-state index < -0.39 is 0 Å². The van der Waals surface area contributed by atoms with Gasteiger partial charge in [0.2, 0.25) is 0 Å². The standard InChI is InChI=1S/C11H13ClN2/c1-7-4-3-5-8-10(7)11(12)9(6-13)14(8)2/h3-5H,6,13H2,1-2H3. The van der Waals surface area contributed by atoms with Crippen molar-refractivity contribution in [1.29, 1.82) is 0 Å². The van der Waals surface area contributed by atoms with Crippen LogP contribution in [0.15, 0.2) is 18.2 Å². The topological polar surface area (TPSA) is 30.9 Å². The Morgan fingerprint density at radius 3 is 2.71 bits per heavy atom. The fourth-order valence-corrected chi connectivity index (χ4v) is 2.33. The lowest BCUT2D eigenvalue weighted by atomic mass is 10.1. The number of halogens is 1. The molecule has 0 atom stereocenters. The third kappa shape index (κ3) is 1.15. The minimum Gasteiger partial charge on any atom is -0.345 e. The summed E-state index contributed by atoms with van der Waals surface area (Å²) in [6.07, 6.45) is 0. The van der Waals surface area contributed by atoms with Crippen LogP contribution < -0.4 is 5.73 Å². The lowest BCUT2D eigenvalue weighted by Crippen LogP contribution is -2.03. The summed E-state index contributed by atoms with van der Waals surface area (Å²) in [5.41, 5.74) is 9.00. The first-order valence-electron chi connectivity index (χ1n) is 4.59. The number of hydrogen-bond donors (Lipinski definition) is 1. The van der Waals surface area contributed by atoms with Gasteiger partial charge < -0.3 is 10.3 Å². The third-order valence-corrected chi connectivity index (χ3v) is 3.09. The second kappa shape index (κ2) is 3.30. The Bertz CT molecular complexity index is 485. The molecule has 0 spiro atoms. The van der Waals surface area contributed by atoms with Gasteiger partial charge in [0.1, 0.15) is 0 Å². The van der Waals surface area contributed by atoms with E-state index in [1.165, 1.54) is 5.56 Å². The van der Waals surface area contributed by atoms with Crippen LogP contribution in [-0.4, -0.2) is 4.57 Å². The summed E-state index contributed by atoms with van der Waals surface area (Å²) in [4.78, 5) is 0. The molecule has 0 unspecified atom stereocenters. The van der Waals surface area contributed by atoms with Gasteiger partial charge in [0.15, 0.2) is 0 Å². The average molecular weight is 209 g/mol. The lowest BCUT2D eigenvalue weighted by Gasteiger charge is -2.00. The van der Waals surface area contributed by atoms with Crippen molar-refractivity contribution in [2.45, 2.75) is 13.5 Å². The van der Waals surface area contributed by atoms with Crippen molar-refractivity contribution in [3.8, 4) is 0 Å². The van der Waals surface area contributed by atoms with Crippen molar-refractivity contribution >= 4 is 22.5 Å². The molecule has 0 bridgehead atoms. The molecule has 2 aromatic rings. The molecule has 0 aliphatic heterocycles. The number of fused-ring (bicyclic) bond motifs is 1. The van der Waals surface area contributed by atoms with Crippen LogP contribution in [0.2, 0.25) is 5.02 Å². The van der Waals surface area contributed by atoms with Crippen LogP contribution in [0.5, 0.6) is 0 Å². The number of nitrogens with zero attached hydrogens (tertiary/aromatic N) is 1. The first kappa shape index (κ1) is 9.56. The SMILES string of the molecule is Cc1cccc2c1c(Cl)c(CN)n2C. The number of benzene rings is 1. The molecule has 0 amide bonds. The highest BCUT2D eigenvalue weighted by molar-refractivity contribution is 6.36. The molecule has 2 nitrogen and oxygen atoms in total. The molecule has 14 heavy (non-hydrogen) atoms. The van der Waals surface area contributed by atoms with Gasteiger partial charge in [0.05, 0.1) is 10.7 Å². The summed E-state index contributed by atoms with van der Waals surface area (Å²) < 4.78 is 2.06. The summed E-state index contributed by atoms with van der Waals surface area (Å²) in [5, 5.41) is 1.92. The first-order chi connectivity index (χ1) is 6.66. The monoisotopic (exact) mass is 208 g/mol.